The van der Waals surface area contributed by atoms with Gasteiger partial charge >= 0.3 is 12.1 Å². The Morgan fingerprint density at radius 3 is 2.30 bits per heavy atom. The summed E-state index contributed by atoms with van der Waals surface area (Å²) in [6.45, 7) is 0.904. The standard InChI is InChI=1S/C30H24F3N3O4/c31-30(32,33)26-25(40-29(35-26)36-12-10-18(11-13-36)17-4-2-1-3-5-17)27(37)34-22-7-9-24-21(16-22)15-20-14-19(28(38)39)6-8-23(20)24/h1-9,14,16,18H,10-13,15H2,(H,34,37)(H,38,39). The van der Waals surface area contributed by atoms with Crippen LogP contribution in [-0.4, -0.2) is 35.1 Å². The average molecular weight is 548 g/mol. The molecule has 0 unspecified atom stereocenters. The number of nitrogens with zero attached hydrogens (tertiary/aromatic N) is 2. The second-order valence-electron chi connectivity index (χ2n) is 10.0. The van der Waals surface area contributed by atoms with E-state index in [4.69, 9.17) is 4.42 Å². The van der Waals surface area contributed by atoms with Gasteiger partial charge in [0.1, 0.15) is 0 Å². The average Bonchev–Trinajstić information content (AvgIpc) is 3.55. The van der Waals surface area contributed by atoms with Crippen LogP contribution in [0, 0.1) is 0 Å². The van der Waals surface area contributed by atoms with Crippen LogP contribution in [0.3, 0.4) is 0 Å². The van der Waals surface area contributed by atoms with Crippen LogP contribution in [0.1, 0.15) is 62.1 Å². The number of aromatic carboxylic acids is 1. The second-order valence-corrected chi connectivity index (χ2v) is 10.0. The van der Waals surface area contributed by atoms with Gasteiger partial charge in [-0.25, -0.2) is 4.79 Å². The number of amides is 1. The molecule has 1 fully saturated rings. The van der Waals surface area contributed by atoms with Crippen molar-refractivity contribution in [3.63, 3.8) is 0 Å². The van der Waals surface area contributed by atoms with Crippen LogP contribution in [-0.2, 0) is 12.6 Å². The number of hydrogen-bond donors (Lipinski definition) is 2. The number of rotatable bonds is 5. The van der Waals surface area contributed by atoms with Crippen molar-refractivity contribution in [2.45, 2.75) is 31.4 Å². The molecule has 1 saturated heterocycles. The number of carbonyl (C=O) groups excluding carboxylic acids is 1. The molecule has 2 N–H and O–H groups in total. The van der Waals surface area contributed by atoms with E-state index in [0.29, 0.717) is 31.1 Å². The highest BCUT2D eigenvalue weighted by Gasteiger charge is 2.42. The number of halogens is 3. The Balaban J connectivity index is 1.20. The van der Waals surface area contributed by atoms with E-state index < -0.39 is 29.5 Å². The predicted octanol–water partition coefficient (Wildman–Crippen LogP) is 6.60. The van der Waals surface area contributed by atoms with E-state index in [1.807, 2.05) is 30.3 Å². The third kappa shape index (κ3) is 4.81. The van der Waals surface area contributed by atoms with Crippen molar-refractivity contribution in [1.82, 2.24) is 4.98 Å². The maximum Gasteiger partial charge on any atom is 0.437 e. The summed E-state index contributed by atoms with van der Waals surface area (Å²) < 4.78 is 47.1. The fourth-order valence-electron chi connectivity index (χ4n) is 5.53. The number of aromatic nitrogens is 1. The normalized spacial score (nSPS) is 15.0. The Morgan fingerprint density at radius 1 is 0.950 bits per heavy atom. The molecule has 0 radical (unpaired) electrons. The number of alkyl halides is 3. The molecular weight excluding hydrogens is 523 g/mol. The van der Waals surface area contributed by atoms with Gasteiger partial charge in [0.2, 0.25) is 5.76 Å². The van der Waals surface area contributed by atoms with E-state index >= 15 is 0 Å². The van der Waals surface area contributed by atoms with Crippen molar-refractivity contribution >= 4 is 23.6 Å². The third-order valence-corrected chi connectivity index (χ3v) is 7.51. The van der Waals surface area contributed by atoms with E-state index in [1.54, 1.807) is 35.2 Å². The van der Waals surface area contributed by atoms with Gasteiger partial charge in [0, 0.05) is 18.8 Å². The van der Waals surface area contributed by atoms with Crippen LogP contribution in [0.15, 0.2) is 71.1 Å². The number of piperidine rings is 1. The third-order valence-electron chi connectivity index (χ3n) is 7.51. The molecule has 0 atom stereocenters. The summed E-state index contributed by atoms with van der Waals surface area (Å²) in [4.78, 5) is 29.7. The van der Waals surface area contributed by atoms with Gasteiger partial charge in [-0.1, -0.05) is 42.5 Å². The number of benzene rings is 3. The van der Waals surface area contributed by atoms with Gasteiger partial charge in [-0.2, -0.15) is 18.2 Å². The number of carboxylic acid groups (broad SMARTS) is 1. The minimum atomic E-state index is -4.88. The van der Waals surface area contributed by atoms with E-state index in [0.717, 1.165) is 35.1 Å². The zero-order valence-electron chi connectivity index (χ0n) is 21.2. The number of oxazole rings is 1. The maximum atomic E-state index is 13.9. The quantitative estimate of drug-likeness (QED) is 0.258. The summed E-state index contributed by atoms with van der Waals surface area (Å²) >= 11 is 0. The molecular formula is C30H24F3N3O4. The Bertz CT molecular complexity index is 1610. The number of fused-ring (bicyclic) bond motifs is 3. The van der Waals surface area contributed by atoms with Crippen LogP contribution in [0.4, 0.5) is 24.9 Å². The van der Waals surface area contributed by atoms with Gasteiger partial charge < -0.3 is 19.7 Å². The molecule has 2 aliphatic rings. The van der Waals surface area contributed by atoms with Crippen molar-refractivity contribution in [2.24, 2.45) is 0 Å². The van der Waals surface area contributed by atoms with E-state index in [-0.39, 0.29) is 11.6 Å². The summed E-state index contributed by atoms with van der Waals surface area (Å²) in [7, 11) is 0. The fourth-order valence-corrected chi connectivity index (χ4v) is 5.53. The van der Waals surface area contributed by atoms with Gasteiger partial charge in [-0.05, 0) is 77.3 Å². The van der Waals surface area contributed by atoms with Crippen LogP contribution >= 0.6 is 0 Å². The van der Waals surface area contributed by atoms with Crippen LogP contribution in [0.5, 0.6) is 0 Å². The minimum absolute atomic E-state index is 0.171. The molecule has 6 rings (SSSR count). The smallest absolute Gasteiger partial charge is 0.437 e. The number of nitrogens with one attached hydrogen (secondary N) is 1. The molecule has 1 amide bonds. The largest absolute Gasteiger partial charge is 0.478 e. The summed E-state index contributed by atoms with van der Waals surface area (Å²) in [6, 6.07) is 19.6. The predicted molar refractivity (Wildman–Crippen MR) is 142 cm³/mol. The molecule has 204 valence electrons. The number of carboxylic acids is 1. The maximum absolute atomic E-state index is 13.9. The second kappa shape index (κ2) is 9.86. The molecule has 1 aliphatic carbocycles. The van der Waals surface area contributed by atoms with Crippen molar-refractivity contribution in [1.29, 1.82) is 0 Å². The Labute approximate surface area is 227 Å². The first kappa shape index (κ1) is 25.7. The summed E-state index contributed by atoms with van der Waals surface area (Å²) in [5.74, 6) is -2.67. The number of hydrogen-bond acceptors (Lipinski definition) is 5. The Morgan fingerprint density at radius 2 is 1.62 bits per heavy atom. The molecule has 0 spiro atoms. The summed E-state index contributed by atoms with van der Waals surface area (Å²) in [5.41, 5.74) is 3.70. The van der Waals surface area contributed by atoms with Crippen LogP contribution < -0.4 is 10.2 Å². The molecule has 3 aromatic carbocycles. The van der Waals surface area contributed by atoms with E-state index in [9.17, 15) is 27.9 Å². The van der Waals surface area contributed by atoms with Crippen molar-refractivity contribution in [3.8, 4) is 11.1 Å². The molecule has 2 heterocycles. The fraction of sp³-hybridized carbons (Fsp3) is 0.233. The highest BCUT2D eigenvalue weighted by Crippen LogP contribution is 2.39. The topological polar surface area (TPSA) is 95.7 Å². The zero-order chi connectivity index (χ0) is 28.0. The summed E-state index contributed by atoms with van der Waals surface area (Å²) in [6.07, 6.45) is -2.99. The van der Waals surface area contributed by atoms with Crippen molar-refractivity contribution < 1.29 is 32.3 Å². The van der Waals surface area contributed by atoms with Crippen LogP contribution in [0.25, 0.3) is 11.1 Å². The van der Waals surface area contributed by atoms with Gasteiger partial charge in [0.05, 0.1) is 5.56 Å². The molecule has 1 aliphatic heterocycles. The first-order valence-corrected chi connectivity index (χ1v) is 12.9. The zero-order valence-corrected chi connectivity index (χ0v) is 21.2. The van der Waals surface area contributed by atoms with E-state index in [2.05, 4.69) is 10.3 Å². The highest BCUT2D eigenvalue weighted by atomic mass is 19.4. The molecule has 7 nitrogen and oxygen atoms in total. The van der Waals surface area contributed by atoms with E-state index in [1.165, 1.54) is 11.6 Å². The molecule has 0 saturated carbocycles. The monoisotopic (exact) mass is 547 g/mol. The lowest BCUT2D eigenvalue weighted by Crippen LogP contribution is -2.33. The van der Waals surface area contributed by atoms with Crippen molar-refractivity contribution in [2.75, 3.05) is 23.3 Å². The summed E-state index contributed by atoms with van der Waals surface area (Å²) in [5, 5.41) is 11.8. The lowest BCUT2D eigenvalue weighted by Gasteiger charge is -2.31. The van der Waals surface area contributed by atoms with Gasteiger partial charge in [-0.3, -0.25) is 4.79 Å². The molecule has 4 aromatic rings. The first-order valence-electron chi connectivity index (χ1n) is 12.9. The number of anilines is 2. The van der Waals surface area contributed by atoms with Gasteiger partial charge in [-0.15, -0.1) is 0 Å². The highest BCUT2D eigenvalue weighted by molar-refractivity contribution is 6.03. The van der Waals surface area contributed by atoms with Gasteiger partial charge in [0.15, 0.2) is 5.69 Å². The lowest BCUT2D eigenvalue weighted by molar-refractivity contribution is -0.141. The molecule has 0 bridgehead atoms. The molecule has 1 aromatic heterocycles. The van der Waals surface area contributed by atoms with Gasteiger partial charge in [0.25, 0.3) is 11.9 Å². The first-order chi connectivity index (χ1) is 19.2. The SMILES string of the molecule is O=C(O)c1ccc2c(c1)Cc1cc(NC(=O)c3oc(N4CCC(c5ccccc5)CC4)nc3C(F)(F)F)ccc1-2. The minimum Gasteiger partial charge on any atom is -0.478 e. The lowest BCUT2D eigenvalue weighted by atomic mass is 9.90. The Kier molecular flexibility index (Phi) is 6.32. The molecule has 40 heavy (non-hydrogen) atoms. The number of carbonyl (C=O) groups is 2. The van der Waals surface area contributed by atoms with Crippen LogP contribution in [0.2, 0.25) is 0 Å². The van der Waals surface area contributed by atoms with Crippen molar-refractivity contribution in [3.05, 3.63) is 100 Å². The Hall–Kier alpha value is -4.60. The molecule has 10 heteroatoms.